The summed E-state index contributed by atoms with van der Waals surface area (Å²) >= 11 is 1.69. The molecule has 0 saturated heterocycles. The third kappa shape index (κ3) is 3.29. The van der Waals surface area contributed by atoms with Gasteiger partial charge in [-0.1, -0.05) is 36.4 Å². The SMILES string of the molecule is Cc1sc2nc(C(C)N(C)Cc3ccc4ccccc4c3)nc(N)c2c1C. The van der Waals surface area contributed by atoms with Gasteiger partial charge in [-0.2, -0.15) is 0 Å². The molecule has 2 aromatic carbocycles. The van der Waals surface area contributed by atoms with Crippen LogP contribution in [0.25, 0.3) is 21.0 Å². The Labute approximate surface area is 163 Å². The maximum Gasteiger partial charge on any atom is 0.149 e. The molecule has 5 heteroatoms. The highest BCUT2D eigenvalue weighted by Crippen LogP contribution is 2.33. The number of nitrogens with two attached hydrogens (primary N) is 1. The van der Waals surface area contributed by atoms with Gasteiger partial charge in [-0.25, -0.2) is 9.97 Å². The molecular formula is C22H24N4S. The normalized spacial score (nSPS) is 12.9. The van der Waals surface area contributed by atoms with Crippen molar-refractivity contribution in [2.75, 3.05) is 12.8 Å². The number of aryl methyl sites for hydroxylation is 2. The van der Waals surface area contributed by atoms with E-state index in [2.05, 4.69) is 80.2 Å². The molecule has 2 heterocycles. The number of anilines is 1. The van der Waals surface area contributed by atoms with Crippen molar-refractivity contribution in [3.05, 3.63) is 64.3 Å². The molecule has 0 aliphatic carbocycles. The molecule has 4 aromatic rings. The summed E-state index contributed by atoms with van der Waals surface area (Å²) in [6.45, 7) is 7.16. The van der Waals surface area contributed by atoms with Crippen molar-refractivity contribution in [3.8, 4) is 0 Å². The van der Waals surface area contributed by atoms with Gasteiger partial charge in [0.2, 0.25) is 0 Å². The van der Waals surface area contributed by atoms with Crippen LogP contribution in [0.4, 0.5) is 5.82 Å². The minimum atomic E-state index is 0.0749. The number of nitrogen functional groups attached to an aromatic ring is 1. The molecule has 27 heavy (non-hydrogen) atoms. The topological polar surface area (TPSA) is 55.0 Å². The molecule has 4 nitrogen and oxygen atoms in total. The molecule has 0 aliphatic rings. The quantitative estimate of drug-likeness (QED) is 0.529. The first-order chi connectivity index (χ1) is 12.9. The summed E-state index contributed by atoms with van der Waals surface area (Å²) < 4.78 is 0. The lowest BCUT2D eigenvalue weighted by molar-refractivity contribution is 0.244. The van der Waals surface area contributed by atoms with Crippen LogP contribution < -0.4 is 5.73 Å². The summed E-state index contributed by atoms with van der Waals surface area (Å²) in [4.78, 5) is 13.9. The van der Waals surface area contributed by atoms with E-state index in [-0.39, 0.29) is 6.04 Å². The van der Waals surface area contributed by atoms with Crippen LogP contribution in [0.3, 0.4) is 0 Å². The second kappa shape index (κ2) is 6.91. The van der Waals surface area contributed by atoms with Gasteiger partial charge in [0.25, 0.3) is 0 Å². The van der Waals surface area contributed by atoms with E-state index >= 15 is 0 Å². The van der Waals surface area contributed by atoms with Gasteiger partial charge in [0.05, 0.1) is 11.4 Å². The Morgan fingerprint density at radius 3 is 2.59 bits per heavy atom. The summed E-state index contributed by atoms with van der Waals surface area (Å²) in [6.07, 6.45) is 0. The summed E-state index contributed by atoms with van der Waals surface area (Å²) in [6, 6.07) is 15.1. The Morgan fingerprint density at radius 2 is 1.81 bits per heavy atom. The molecular weight excluding hydrogens is 352 g/mol. The highest BCUT2D eigenvalue weighted by Gasteiger charge is 2.19. The lowest BCUT2D eigenvalue weighted by Gasteiger charge is -2.24. The Bertz CT molecular complexity index is 1130. The fourth-order valence-electron chi connectivity index (χ4n) is 3.44. The first-order valence-electron chi connectivity index (χ1n) is 9.15. The lowest BCUT2D eigenvalue weighted by atomic mass is 10.1. The second-order valence-corrected chi connectivity index (χ2v) is 8.41. The maximum absolute atomic E-state index is 6.26. The summed E-state index contributed by atoms with van der Waals surface area (Å²) in [5, 5.41) is 3.54. The van der Waals surface area contributed by atoms with E-state index in [0.29, 0.717) is 5.82 Å². The molecule has 0 aliphatic heterocycles. The molecule has 0 amide bonds. The van der Waals surface area contributed by atoms with Gasteiger partial charge >= 0.3 is 0 Å². The number of hydrogen-bond donors (Lipinski definition) is 1. The number of thiophene rings is 1. The van der Waals surface area contributed by atoms with Crippen LogP contribution >= 0.6 is 11.3 Å². The number of benzene rings is 2. The zero-order chi connectivity index (χ0) is 19.1. The average molecular weight is 377 g/mol. The summed E-state index contributed by atoms with van der Waals surface area (Å²) in [5.74, 6) is 1.37. The van der Waals surface area contributed by atoms with E-state index < -0.39 is 0 Å². The Hall–Kier alpha value is -2.50. The van der Waals surface area contributed by atoms with E-state index in [4.69, 9.17) is 10.7 Å². The molecule has 0 bridgehead atoms. The van der Waals surface area contributed by atoms with Crippen LogP contribution in [-0.4, -0.2) is 21.9 Å². The van der Waals surface area contributed by atoms with Gasteiger partial charge in [0, 0.05) is 11.4 Å². The predicted octanol–water partition coefficient (Wildman–Crippen LogP) is 5.24. The molecule has 1 atom stereocenters. The Morgan fingerprint density at radius 1 is 1.07 bits per heavy atom. The molecule has 1 unspecified atom stereocenters. The third-order valence-electron chi connectivity index (χ3n) is 5.35. The molecule has 0 fully saturated rings. The van der Waals surface area contributed by atoms with E-state index in [0.717, 1.165) is 22.6 Å². The van der Waals surface area contributed by atoms with Crippen molar-refractivity contribution in [1.82, 2.24) is 14.9 Å². The van der Waals surface area contributed by atoms with Crippen molar-refractivity contribution in [2.24, 2.45) is 0 Å². The van der Waals surface area contributed by atoms with E-state index in [9.17, 15) is 0 Å². The maximum atomic E-state index is 6.26. The molecule has 0 spiro atoms. The molecule has 4 rings (SSSR count). The van der Waals surface area contributed by atoms with Gasteiger partial charge in [-0.05, 0) is 55.8 Å². The highest BCUT2D eigenvalue weighted by molar-refractivity contribution is 7.18. The standard InChI is InChI=1S/C22H24N4S/c1-13-15(3)27-22-19(13)20(23)24-21(25-22)14(2)26(4)12-16-9-10-17-7-5-6-8-18(17)11-16/h5-11,14H,12H2,1-4H3,(H2,23,24,25). The van der Waals surface area contributed by atoms with Crippen LogP contribution in [0.5, 0.6) is 0 Å². The Kier molecular flexibility index (Phi) is 4.58. The van der Waals surface area contributed by atoms with Gasteiger partial charge in [-0.15, -0.1) is 11.3 Å². The average Bonchev–Trinajstić information content (AvgIpc) is 2.95. The first kappa shape index (κ1) is 17.9. The Balaban J connectivity index is 1.61. The van der Waals surface area contributed by atoms with Crippen molar-refractivity contribution in [1.29, 1.82) is 0 Å². The first-order valence-corrected chi connectivity index (χ1v) is 9.96. The van der Waals surface area contributed by atoms with Crippen molar-refractivity contribution in [3.63, 3.8) is 0 Å². The third-order valence-corrected chi connectivity index (χ3v) is 6.46. The van der Waals surface area contributed by atoms with Crippen LogP contribution in [0.1, 0.15) is 34.8 Å². The predicted molar refractivity (Wildman–Crippen MR) is 115 cm³/mol. The number of rotatable bonds is 4. The van der Waals surface area contributed by atoms with E-state index in [1.807, 2.05) is 0 Å². The number of nitrogens with zero attached hydrogens (tertiary/aromatic N) is 3. The van der Waals surface area contributed by atoms with Crippen LogP contribution in [0.2, 0.25) is 0 Å². The molecule has 0 radical (unpaired) electrons. The summed E-state index contributed by atoms with van der Waals surface area (Å²) in [7, 11) is 2.11. The van der Waals surface area contributed by atoms with Crippen LogP contribution in [0, 0.1) is 13.8 Å². The fraction of sp³-hybridized carbons (Fsp3) is 0.273. The van der Waals surface area contributed by atoms with E-state index in [1.54, 1.807) is 11.3 Å². The minimum Gasteiger partial charge on any atom is -0.383 e. The smallest absolute Gasteiger partial charge is 0.149 e. The number of hydrogen-bond acceptors (Lipinski definition) is 5. The summed E-state index contributed by atoms with van der Waals surface area (Å²) in [5.41, 5.74) is 8.73. The van der Waals surface area contributed by atoms with Crippen molar-refractivity contribution in [2.45, 2.75) is 33.4 Å². The van der Waals surface area contributed by atoms with Crippen LogP contribution in [0.15, 0.2) is 42.5 Å². The number of fused-ring (bicyclic) bond motifs is 2. The largest absolute Gasteiger partial charge is 0.383 e. The molecule has 2 aromatic heterocycles. The van der Waals surface area contributed by atoms with Crippen molar-refractivity contribution < 1.29 is 0 Å². The van der Waals surface area contributed by atoms with E-state index in [1.165, 1.54) is 26.8 Å². The lowest BCUT2D eigenvalue weighted by Crippen LogP contribution is -2.24. The molecule has 2 N–H and O–H groups in total. The van der Waals surface area contributed by atoms with Gasteiger partial charge in [-0.3, -0.25) is 4.90 Å². The van der Waals surface area contributed by atoms with Gasteiger partial charge in [0.1, 0.15) is 16.5 Å². The second-order valence-electron chi connectivity index (χ2n) is 7.20. The van der Waals surface area contributed by atoms with Gasteiger partial charge < -0.3 is 5.73 Å². The van der Waals surface area contributed by atoms with Gasteiger partial charge in [0.15, 0.2) is 0 Å². The van der Waals surface area contributed by atoms with Crippen molar-refractivity contribution >= 4 is 38.1 Å². The fourth-order valence-corrected chi connectivity index (χ4v) is 4.49. The monoisotopic (exact) mass is 376 g/mol. The zero-order valence-corrected chi connectivity index (χ0v) is 17.0. The number of aromatic nitrogens is 2. The molecule has 138 valence electrons. The van der Waals surface area contributed by atoms with Crippen LogP contribution in [-0.2, 0) is 6.54 Å². The minimum absolute atomic E-state index is 0.0749. The zero-order valence-electron chi connectivity index (χ0n) is 16.2. The molecule has 0 saturated carbocycles. The highest BCUT2D eigenvalue weighted by atomic mass is 32.1.